The van der Waals surface area contributed by atoms with E-state index < -0.39 is 0 Å². The minimum absolute atomic E-state index is 0.291. The molecule has 152 valence electrons. The van der Waals surface area contributed by atoms with E-state index in [4.69, 9.17) is 4.52 Å². The molecule has 0 saturated heterocycles. The predicted molar refractivity (Wildman–Crippen MR) is 116 cm³/mol. The van der Waals surface area contributed by atoms with Crippen LogP contribution in [0.4, 0.5) is 5.69 Å². The third kappa shape index (κ3) is 3.55. The van der Waals surface area contributed by atoms with E-state index in [1.807, 2.05) is 37.3 Å². The molecule has 8 heteroatoms. The molecule has 1 amide bonds. The smallest absolute Gasteiger partial charge is 0.259 e. The molecule has 4 heterocycles. The van der Waals surface area contributed by atoms with Gasteiger partial charge in [-0.3, -0.25) is 4.79 Å². The highest BCUT2D eigenvalue weighted by Gasteiger charge is 2.19. The zero-order valence-electron chi connectivity index (χ0n) is 16.9. The number of pyridine rings is 2. The number of anilines is 1. The Labute approximate surface area is 177 Å². The number of nitrogens with one attached hydrogen (secondary N) is 1. The molecule has 0 aliphatic carbocycles. The SMILES string of the molecule is Cc1ccc(-c2cc(C(=O)Nc3ccc(-n4cccn4)nc3)c3c(C)noc3n2)cc1. The predicted octanol–water partition coefficient (Wildman–Crippen LogP) is 4.34. The van der Waals surface area contributed by atoms with Crippen molar-refractivity contribution in [2.45, 2.75) is 13.8 Å². The molecule has 0 bridgehead atoms. The molecule has 1 N–H and O–H groups in total. The van der Waals surface area contributed by atoms with Crippen molar-refractivity contribution >= 4 is 22.7 Å². The molecule has 0 radical (unpaired) electrons. The van der Waals surface area contributed by atoms with E-state index in [9.17, 15) is 4.79 Å². The Morgan fingerprint density at radius 1 is 1.10 bits per heavy atom. The molecule has 0 aliphatic rings. The maximum atomic E-state index is 13.2. The fourth-order valence-electron chi connectivity index (χ4n) is 3.34. The maximum absolute atomic E-state index is 13.2. The molecule has 4 aromatic heterocycles. The van der Waals surface area contributed by atoms with Gasteiger partial charge in [0.05, 0.1) is 34.2 Å². The summed E-state index contributed by atoms with van der Waals surface area (Å²) in [6.45, 7) is 3.81. The van der Waals surface area contributed by atoms with E-state index in [1.165, 1.54) is 0 Å². The molecule has 31 heavy (non-hydrogen) atoms. The highest BCUT2D eigenvalue weighted by molar-refractivity contribution is 6.13. The maximum Gasteiger partial charge on any atom is 0.259 e. The molecular formula is C23H18N6O2. The van der Waals surface area contributed by atoms with Crippen molar-refractivity contribution in [2.24, 2.45) is 0 Å². The summed E-state index contributed by atoms with van der Waals surface area (Å²) in [6.07, 6.45) is 5.07. The second kappa shape index (κ2) is 7.49. The van der Waals surface area contributed by atoms with E-state index in [-0.39, 0.29) is 5.91 Å². The number of nitrogens with zero attached hydrogens (tertiary/aromatic N) is 5. The Bertz CT molecular complexity index is 1370. The molecule has 0 unspecified atom stereocenters. The number of aromatic nitrogens is 5. The summed E-state index contributed by atoms with van der Waals surface area (Å²) >= 11 is 0. The zero-order valence-corrected chi connectivity index (χ0v) is 16.9. The number of carbonyl (C=O) groups is 1. The first-order valence-electron chi connectivity index (χ1n) is 9.70. The quantitative estimate of drug-likeness (QED) is 0.473. The first-order chi connectivity index (χ1) is 15.1. The van der Waals surface area contributed by atoms with Gasteiger partial charge in [0.25, 0.3) is 11.6 Å². The van der Waals surface area contributed by atoms with Crippen LogP contribution in [-0.4, -0.2) is 30.8 Å². The topological polar surface area (TPSA) is 98.7 Å². The van der Waals surface area contributed by atoms with Crippen LogP contribution in [0.5, 0.6) is 0 Å². The second-order valence-electron chi connectivity index (χ2n) is 7.18. The third-order valence-corrected chi connectivity index (χ3v) is 4.95. The number of fused-ring (bicyclic) bond motifs is 1. The van der Waals surface area contributed by atoms with E-state index in [0.717, 1.165) is 11.1 Å². The monoisotopic (exact) mass is 410 g/mol. The minimum atomic E-state index is -0.291. The van der Waals surface area contributed by atoms with Gasteiger partial charge < -0.3 is 9.84 Å². The number of hydrogen-bond acceptors (Lipinski definition) is 6. The Balaban J connectivity index is 1.50. The number of benzene rings is 1. The van der Waals surface area contributed by atoms with Gasteiger partial charge in [0.1, 0.15) is 0 Å². The van der Waals surface area contributed by atoms with Crippen LogP contribution in [-0.2, 0) is 0 Å². The van der Waals surface area contributed by atoms with Crippen LogP contribution >= 0.6 is 0 Å². The number of aryl methyl sites for hydroxylation is 2. The van der Waals surface area contributed by atoms with Crippen LogP contribution in [0.2, 0.25) is 0 Å². The van der Waals surface area contributed by atoms with Crippen LogP contribution in [0.15, 0.2) is 71.6 Å². The second-order valence-corrected chi connectivity index (χ2v) is 7.18. The number of rotatable bonds is 4. The summed E-state index contributed by atoms with van der Waals surface area (Å²) in [6, 6.07) is 15.1. The summed E-state index contributed by atoms with van der Waals surface area (Å²) in [4.78, 5) is 22.1. The van der Waals surface area contributed by atoms with Gasteiger partial charge in [0.2, 0.25) is 0 Å². The molecule has 1 aromatic carbocycles. The summed E-state index contributed by atoms with van der Waals surface area (Å²) in [5.41, 5.74) is 4.61. The van der Waals surface area contributed by atoms with Crippen molar-refractivity contribution in [3.63, 3.8) is 0 Å². The third-order valence-electron chi connectivity index (χ3n) is 4.95. The Morgan fingerprint density at radius 3 is 2.65 bits per heavy atom. The molecule has 5 rings (SSSR count). The Morgan fingerprint density at radius 2 is 1.94 bits per heavy atom. The van der Waals surface area contributed by atoms with Crippen LogP contribution in [0, 0.1) is 13.8 Å². The average Bonchev–Trinajstić information content (AvgIpc) is 3.45. The van der Waals surface area contributed by atoms with Crippen molar-refractivity contribution < 1.29 is 9.32 Å². The van der Waals surface area contributed by atoms with Crippen LogP contribution in [0.25, 0.3) is 28.2 Å². The fraction of sp³-hybridized carbons (Fsp3) is 0.0870. The number of carbonyl (C=O) groups excluding carboxylic acids is 1. The van der Waals surface area contributed by atoms with Gasteiger partial charge in [0.15, 0.2) is 5.82 Å². The summed E-state index contributed by atoms with van der Waals surface area (Å²) < 4.78 is 7.01. The highest BCUT2D eigenvalue weighted by atomic mass is 16.5. The van der Waals surface area contributed by atoms with E-state index >= 15 is 0 Å². The molecule has 0 atom stereocenters. The molecule has 0 fully saturated rings. The summed E-state index contributed by atoms with van der Waals surface area (Å²) in [5.74, 6) is 0.367. The van der Waals surface area contributed by atoms with Gasteiger partial charge in [-0.1, -0.05) is 35.0 Å². The highest BCUT2D eigenvalue weighted by Crippen LogP contribution is 2.28. The molecule has 0 spiro atoms. The van der Waals surface area contributed by atoms with Gasteiger partial charge in [-0.05, 0) is 38.1 Å². The Hall–Kier alpha value is -4.33. The molecular weight excluding hydrogens is 392 g/mol. The summed E-state index contributed by atoms with van der Waals surface area (Å²) in [5, 5.41) is 11.6. The van der Waals surface area contributed by atoms with Crippen LogP contribution in [0.3, 0.4) is 0 Å². The van der Waals surface area contributed by atoms with E-state index in [0.29, 0.717) is 39.6 Å². The van der Waals surface area contributed by atoms with Gasteiger partial charge in [0, 0.05) is 18.0 Å². The lowest BCUT2D eigenvalue weighted by atomic mass is 10.0. The molecule has 5 aromatic rings. The van der Waals surface area contributed by atoms with Gasteiger partial charge in [-0.15, -0.1) is 0 Å². The van der Waals surface area contributed by atoms with Gasteiger partial charge in [-0.2, -0.15) is 5.10 Å². The lowest BCUT2D eigenvalue weighted by molar-refractivity contribution is 0.102. The standard InChI is InChI=1S/C23H18N6O2/c1-14-4-6-16(7-5-14)19-12-18(21-15(2)28-31-23(21)27-19)22(30)26-17-8-9-20(24-13-17)29-11-3-10-25-29/h3-13H,1-2H3,(H,26,30). The molecule has 0 saturated carbocycles. The lowest BCUT2D eigenvalue weighted by Crippen LogP contribution is -2.13. The average molecular weight is 410 g/mol. The van der Waals surface area contributed by atoms with Crippen molar-refractivity contribution in [2.75, 3.05) is 5.32 Å². The van der Waals surface area contributed by atoms with Crippen LogP contribution < -0.4 is 5.32 Å². The van der Waals surface area contributed by atoms with Crippen molar-refractivity contribution in [1.29, 1.82) is 0 Å². The van der Waals surface area contributed by atoms with E-state index in [1.54, 1.807) is 48.4 Å². The van der Waals surface area contributed by atoms with Crippen LogP contribution in [0.1, 0.15) is 21.6 Å². The van der Waals surface area contributed by atoms with Gasteiger partial charge in [-0.25, -0.2) is 14.6 Å². The Kier molecular flexibility index (Phi) is 4.51. The van der Waals surface area contributed by atoms with Crippen molar-refractivity contribution in [3.8, 4) is 17.1 Å². The first kappa shape index (κ1) is 18.7. The van der Waals surface area contributed by atoms with Crippen molar-refractivity contribution in [3.05, 3.63) is 83.9 Å². The fourth-order valence-corrected chi connectivity index (χ4v) is 3.34. The molecule has 0 aliphatic heterocycles. The number of hydrogen-bond donors (Lipinski definition) is 1. The number of amides is 1. The minimum Gasteiger partial charge on any atom is -0.335 e. The van der Waals surface area contributed by atoms with E-state index in [2.05, 4.69) is 25.5 Å². The zero-order chi connectivity index (χ0) is 21.4. The molecule has 8 nitrogen and oxygen atoms in total. The normalized spacial score (nSPS) is 11.0. The lowest BCUT2D eigenvalue weighted by Gasteiger charge is -2.09. The first-order valence-corrected chi connectivity index (χ1v) is 9.70. The largest absolute Gasteiger partial charge is 0.335 e. The van der Waals surface area contributed by atoms with Crippen molar-refractivity contribution in [1.82, 2.24) is 24.9 Å². The van der Waals surface area contributed by atoms with Gasteiger partial charge >= 0.3 is 0 Å². The summed E-state index contributed by atoms with van der Waals surface area (Å²) in [7, 11) is 0.